The predicted octanol–water partition coefficient (Wildman–Crippen LogP) is 2.54. The summed E-state index contributed by atoms with van der Waals surface area (Å²) in [6.07, 6.45) is 5.34. The number of rotatable bonds is 6. The minimum Gasteiger partial charge on any atom is -0.439 e. The average molecular weight is 586 g/mol. The summed E-state index contributed by atoms with van der Waals surface area (Å²) in [6.45, 7) is 10.9. The van der Waals surface area contributed by atoms with Gasteiger partial charge in [-0.25, -0.2) is 4.79 Å². The van der Waals surface area contributed by atoms with Crippen molar-refractivity contribution in [2.45, 2.75) is 65.0 Å². The maximum Gasteiger partial charge on any atom is 0.405 e. The molecule has 0 fully saturated rings. The van der Waals surface area contributed by atoms with Crippen molar-refractivity contribution < 1.29 is 38.5 Å². The van der Waals surface area contributed by atoms with Gasteiger partial charge in [-0.3, -0.25) is 14.4 Å². The van der Waals surface area contributed by atoms with Gasteiger partial charge in [-0.05, 0) is 38.2 Å². The zero-order chi connectivity index (χ0) is 31.6. The van der Waals surface area contributed by atoms with E-state index in [9.17, 15) is 24.3 Å². The minimum absolute atomic E-state index is 0.132. The van der Waals surface area contributed by atoms with Gasteiger partial charge in [0, 0.05) is 43.9 Å². The van der Waals surface area contributed by atoms with Gasteiger partial charge in [-0.2, -0.15) is 0 Å². The van der Waals surface area contributed by atoms with Gasteiger partial charge in [0.25, 0.3) is 5.91 Å². The molecule has 1 heterocycles. The number of allylic oxidation sites excluding steroid dienone is 4. The van der Waals surface area contributed by atoms with E-state index < -0.39 is 53.9 Å². The number of fused-ring (bicyclic) bond motifs is 2. The zero-order valence-electron chi connectivity index (χ0n) is 25.1. The lowest BCUT2D eigenvalue weighted by Gasteiger charge is -2.30. The van der Waals surface area contributed by atoms with Gasteiger partial charge in [0.15, 0.2) is 6.10 Å². The van der Waals surface area contributed by atoms with Crippen LogP contribution in [0.15, 0.2) is 71.1 Å². The molecule has 3 unspecified atom stereocenters. The Morgan fingerprint density at radius 2 is 1.90 bits per heavy atom. The Labute approximate surface area is 247 Å². The molecule has 11 heteroatoms. The summed E-state index contributed by atoms with van der Waals surface area (Å²) < 4.78 is 16.6. The van der Waals surface area contributed by atoms with Gasteiger partial charge >= 0.3 is 6.09 Å². The molecule has 2 aliphatic rings. The van der Waals surface area contributed by atoms with Crippen molar-refractivity contribution >= 4 is 23.6 Å². The fourth-order valence-electron chi connectivity index (χ4n) is 4.95. The molecule has 0 aromatic rings. The molecule has 2 amide bonds. The Kier molecular flexibility index (Phi) is 13.1. The van der Waals surface area contributed by atoms with Gasteiger partial charge in [-0.15, -0.1) is 6.58 Å². The molecule has 0 radical (unpaired) electrons. The first-order valence-corrected chi connectivity index (χ1v) is 13.8. The number of hydrogen-bond donors (Lipinski definition) is 4. The van der Waals surface area contributed by atoms with Gasteiger partial charge in [0.05, 0.1) is 23.6 Å². The summed E-state index contributed by atoms with van der Waals surface area (Å²) in [4.78, 5) is 51.3. The molecule has 0 aromatic carbocycles. The molecule has 42 heavy (non-hydrogen) atoms. The third-order valence-corrected chi connectivity index (χ3v) is 7.22. The first-order valence-electron chi connectivity index (χ1n) is 13.8. The largest absolute Gasteiger partial charge is 0.439 e. The highest BCUT2D eigenvalue weighted by Crippen LogP contribution is 2.28. The highest BCUT2D eigenvalue weighted by Gasteiger charge is 2.33. The number of methoxy groups -OCH3 is 2. The Morgan fingerprint density at radius 1 is 1.21 bits per heavy atom. The van der Waals surface area contributed by atoms with E-state index in [1.807, 2.05) is 6.92 Å². The number of primary amides is 1. The summed E-state index contributed by atoms with van der Waals surface area (Å²) in [5.74, 6) is -2.14. The van der Waals surface area contributed by atoms with Crippen molar-refractivity contribution in [1.82, 2.24) is 10.6 Å². The van der Waals surface area contributed by atoms with E-state index in [4.69, 9.17) is 19.9 Å². The maximum atomic E-state index is 13.5. The molecule has 1 aliphatic carbocycles. The van der Waals surface area contributed by atoms with Crippen LogP contribution in [0, 0.1) is 11.8 Å². The molecule has 0 saturated carbocycles. The molecular formula is C31H43N3O8. The third-order valence-electron chi connectivity index (χ3n) is 7.22. The van der Waals surface area contributed by atoms with Crippen LogP contribution < -0.4 is 16.4 Å². The van der Waals surface area contributed by atoms with Crippen LogP contribution in [0.2, 0.25) is 0 Å². The molecule has 0 saturated heterocycles. The Balaban J connectivity index is 2.62. The number of ether oxygens (including phenoxy) is 3. The van der Waals surface area contributed by atoms with Crippen LogP contribution in [0.4, 0.5) is 4.79 Å². The van der Waals surface area contributed by atoms with Gasteiger partial charge in [0.2, 0.25) is 11.6 Å². The fourth-order valence-corrected chi connectivity index (χ4v) is 4.95. The second-order valence-corrected chi connectivity index (χ2v) is 10.6. The first kappa shape index (κ1) is 34.4. The highest BCUT2D eigenvalue weighted by atomic mass is 16.6. The summed E-state index contributed by atoms with van der Waals surface area (Å²) in [5.41, 5.74) is 6.42. The normalized spacial score (nSPS) is 28.4. The lowest BCUT2D eigenvalue weighted by Crippen LogP contribution is -2.37. The lowest BCUT2D eigenvalue weighted by molar-refractivity contribution is -0.120. The summed E-state index contributed by atoms with van der Waals surface area (Å²) in [5, 5.41) is 16.7. The van der Waals surface area contributed by atoms with E-state index in [-0.39, 0.29) is 41.4 Å². The van der Waals surface area contributed by atoms with Gasteiger partial charge in [-0.1, -0.05) is 44.2 Å². The third kappa shape index (κ3) is 9.10. The number of carbonyl (C=O) groups is 4. The number of ketones is 2. The Morgan fingerprint density at radius 3 is 2.50 bits per heavy atom. The van der Waals surface area contributed by atoms with Gasteiger partial charge in [0.1, 0.15) is 6.10 Å². The standard InChI is InChI=1S/C31H43N3O8/c1-8-12-33-26-21-13-17(2)14-25(41-7)27(36)19(4)15-20(5)29(42-31(32)39)24(40-6)11-9-10-18(3)30(38)34-22(28(21)37)16-23(26)35/h8-11,15-17,19,24-25,27,29,33,36H,1,12-14H2,2-7H3,(H2,32,39)(H,34,38)/t17?,19?,24-,25-,27?,29-/m0/s1. The highest BCUT2D eigenvalue weighted by molar-refractivity contribution is 6.23. The Bertz CT molecular complexity index is 1210. The number of nitrogens with one attached hydrogen (secondary N) is 2. The number of Topliss-reactive ketones (excluding diaryl/α,β-unsaturated/α-hetero) is 1. The van der Waals surface area contributed by atoms with E-state index >= 15 is 0 Å². The van der Waals surface area contributed by atoms with Crippen LogP contribution in [-0.2, 0) is 28.6 Å². The maximum absolute atomic E-state index is 13.5. The van der Waals surface area contributed by atoms with Crippen LogP contribution >= 0.6 is 0 Å². The summed E-state index contributed by atoms with van der Waals surface area (Å²) >= 11 is 0. The SMILES string of the molecule is C=CCNC1=C2CC(C)C[C@H](OC)C(O)C(C)C=C(C)[C@H](OC(N)=O)[C@@H](OC)C=CC=C(C)C(=O)NC(=CC1=O)C2=O. The number of amides is 2. The number of aliphatic hydroxyl groups excluding tert-OH is 1. The van der Waals surface area contributed by atoms with Crippen LogP contribution in [0.3, 0.4) is 0 Å². The number of hydrogen-bond acceptors (Lipinski definition) is 9. The first-order chi connectivity index (χ1) is 19.8. The van der Waals surface area contributed by atoms with Crippen molar-refractivity contribution in [2.75, 3.05) is 20.8 Å². The molecule has 2 bridgehead atoms. The van der Waals surface area contributed by atoms with Crippen molar-refractivity contribution in [3.05, 3.63) is 71.1 Å². The van der Waals surface area contributed by atoms with E-state index in [0.717, 1.165) is 6.08 Å². The lowest BCUT2D eigenvalue weighted by atomic mass is 9.85. The molecule has 230 valence electrons. The van der Waals surface area contributed by atoms with Crippen LogP contribution in [0.5, 0.6) is 0 Å². The van der Waals surface area contributed by atoms with E-state index in [1.54, 1.807) is 45.1 Å². The quantitative estimate of drug-likeness (QED) is 0.271. The van der Waals surface area contributed by atoms with Crippen LogP contribution in [0.1, 0.15) is 40.5 Å². The molecule has 5 N–H and O–H groups in total. The molecule has 0 aromatic heterocycles. The van der Waals surface area contributed by atoms with E-state index in [2.05, 4.69) is 17.2 Å². The fraction of sp³-hybridized carbons (Fsp3) is 0.484. The van der Waals surface area contributed by atoms with Crippen molar-refractivity contribution in [1.29, 1.82) is 0 Å². The minimum atomic E-state index is -1.00. The van der Waals surface area contributed by atoms with Crippen LogP contribution in [0.25, 0.3) is 0 Å². The smallest absolute Gasteiger partial charge is 0.405 e. The van der Waals surface area contributed by atoms with Gasteiger partial charge < -0.3 is 35.7 Å². The van der Waals surface area contributed by atoms with E-state index in [0.29, 0.717) is 12.0 Å². The summed E-state index contributed by atoms with van der Waals surface area (Å²) in [7, 11) is 2.92. The Hall–Kier alpha value is -3.80. The zero-order valence-corrected chi connectivity index (χ0v) is 25.1. The monoisotopic (exact) mass is 585 g/mol. The van der Waals surface area contributed by atoms with Crippen LogP contribution in [-0.4, -0.2) is 73.9 Å². The molecular weight excluding hydrogens is 542 g/mol. The number of aliphatic hydroxyl groups is 1. The molecule has 0 spiro atoms. The summed E-state index contributed by atoms with van der Waals surface area (Å²) in [6, 6.07) is 0. The molecule has 1 aliphatic heterocycles. The second kappa shape index (κ2) is 16.0. The molecule has 6 atom stereocenters. The van der Waals surface area contributed by atoms with Crippen molar-refractivity contribution in [2.24, 2.45) is 17.6 Å². The second-order valence-electron chi connectivity index (χ2n) is 10.6. The topological polar surface area (TPSA) is 166 Å². The number of nitrogens with two attached hydrogens (primary N) is 1. The number of carbonyl (C=O) groups excluding carboxylic acids is 4. The van der Waals surface area contributed by atoms with E-state index in [1.165, 1.54) is 20.3 Å². The average Bonchev–Trinajstić information content (AvgIpc) is 2.94. The van der Waals surface area contributed by atoms with Crippen molar-refractivity contribution in [3.8, 4) is 0 Å². The molecule has 2 rings (SSSR count). The predicted molar refractivity (Wildman–Crippen MR) is 158 cm³/mol. The van der Waals surface area contributed by atoms with Crippen molar-refractivity contribution in [3.63, 3.8) is 0 Å². The molecule has 11 nitrogen and oxygen atoms in total.